The average molecular weight is 293 g/mol. The van der Waals surface area contributed by atoms with Crippen LogP contribution < -0.4 is 11.1 Å². The summed E-state index contributed by atoms with van der Waals surface area (Å²) in [5.74, 6) is 0.0606. The van der Waals surface area contributed by atoms with Gasteiger partial charge in [-0.1, -0.05) is 19.9 Å². The number of nitrogen functional groups attached to an aromatic ring is 1. The number of rotatable bonds is 7. The van der Waals surface area contributed by atoms with Crippen LogP contribution in [-0.2, 0) is 4.74 Å². The lowest BCUT2D eigenvalue weighted by Gasteiger charge is -2.27. The van der Waals surface area contributed by atoms with E-state index in [0.717, 1.165) is 12.2 Å². The highest BCUT2D eigenvalue weighted by Crippen LogP contribution is 2.25. The summed E-state index contributed by atoms with van der Waals surface area (Å²) < 4.78 is 5.03. The van der Waals surface area contributed by atoms with E-state index in [0.29, 0.717) is 23.8 Å². The smallest absolute Gasteiger partial charge is 0.340 e. The number of benzene rings is 1. The van der Waals surface area contributed by atoms with Crippen LogP contribution >= 0.6 is 0 Å². The van der Waals surface area contributed by atoms with Crippen molar-refractivity contribution in [1.29, 1.82) is 0 Å². The molecule has 1 atom stereocenters. The van der Waals surface area contributed by atoms with Crippen molar-refractivity contribution < 1.29 is 9.53 Å². The molecular formula is C16H27N3O2. The first-order chi connectivity index (χ1) is 9.86. The maximum Gasteiger partial charge on any atom is 0.340 e. The van der Waals surface area contributed by atoms with Crippen LogP contribution in [0.1, 0.15) is 31.1 Å². The van der Waals surface area contributed by atoms with Gasteiger partial charge in [0.2, 0.25) is 0 Å². The highest BCUT2D eigenvalue weighted by atomic mass is 16.5. The van der Waals surface area contributed by atoms with Crippen LogP contribution in [0.15, 0.2) is 18.2 Å². The summed E-state index contributed by atoms with van der Waals surface area (Å²) in [4.78, 5) is 14.0. The fraction of sp³-hybridized carbons (Fsp3) is 0.562. The highest BCUT2D eigenvalue weighted by Gasteiger charge is 2.18. The summed E-state index contributed by atoms with van der Waals surface area (Å²) >= 11 is 0. The largest absolute Gasteiger partial charge is 0.462 e. The molecule has 0 saturated heterocycles. The van der Waals surface area contributed by atoms with E-state index in [2.05, 4.69) is 24.1 Å². The number of anilines is 2. The number of carbonyl (C=O) groups excluding carboxylic acids is 1. The van der Waals surface area contributed by atoms with Crippen molar-refractivity contribution in [3.05, 3.63) is 23.8 Å². The third kappa shape index (κ3) is 4.93. The molecule has 0 spiro atoms. The molecule has 118 valence electrons. The SMILES string of the molecule is CCOC(=O)c1cccc(NC(CN(C)C)C(C)C)c1N. The standard InChI is InChI=1S/C16H27N3O2/c1-6-21-16(20)12-8-7-9-13(15(12)17)18-14(11(2)3)10-19(4)5/h7-9,11,14,18H,6,10,17H2,1-5H3. The van der Waals surface area contributed by atoms with Gasteiger partial charge in [0.05, 0.1) is 23.5 Å². The van der Waals surface area contributed by atoms with E-state index < -0.39 is 0 Å². The van der Waals surface area contributed by atoms with Crippen molar-refractivity contribution in [2.75, 3.05) is 38.3 Å². The molecule has 0 radical (unpaired) electrons. The monoisotopic (exact) mass is 293 g/mol. The number of carbonyl (C=O) groups is 1. The molecule has 1 aromatic rings. The Morgan fingerprint density at radius 2 is 2.05 bits per heavy atom. The second kappa shape index (κ2) is 7.88. The van der Waals surface area contributed by atoms with Crippen molar-refractivity contribution in [3.8, 4) is 0 Å². The maximum absolute atomic E-state index is 11.9. The Hall–Kier alpha value is -1.75. The molecule has 5 heteroatoms. The third-order valence-corrected chi connectivity index (χ3v) is 3.31. The number of nitrogens with one attached hydrogen (secondary N) is 1. The molecule has 0 amide bonds. The molecule has 0 heterocycles. The van der Waals surface area contributed by atoms with E-state index in [9.17, 15) is 4.79 Å². The van der Waals surface area contributed by atoms with E-state index in [1.165, 1.54) is 0 Å². The number of nitrogens with two attached hydrogens (primary N) is 1. The minimum absolute atomic E-state index is 0.250. The molecule has 5 nitrogen and oxygen atoms in total. The quantitative estimate of drug-likeness (QED) is 0.597. The Morgan fingerprint density at radius 3 is 2.57 bits per heavy atom. The number of hydrogen-bond donors (Lipinski definition) is 2. The summed E-state index contributed by atoms with van der Waals surface area (Å²) in [7, 11) is 4.07. The normalized spacial score (nSPS) is 12.5. The molecule has 1 rings (SSSR count). The van der Waals surface area contributed by atoms with Gasteiger partial charge in [0.25, 0.3) is 0 Å². The summed E-state index contributed by atoms with van der Waals surface area (Å²) in [6, 6.07) is 5.65. The van der Waals surface area contributed by atoms with Gasteiger partial charge in [-0.25, -0.2) is 4.79 Å². The van der Waals surface area contributed by atoms with Gasteiger partial charge >= 0.3 is 5.97 Å². The number of nitrogens with zero attached hydrogens (tertiary/aromatic N) is 1. The van der Waals surface area contributed by atoms with Crippen molar-refractivity contribution in [1.82, 2.24) is 4.90 Å². The van der Waals surface area contributed by atoms with Gasteiger partial charge in [-0.2, -0.15) is 0 Å². The molecule has 0 bridgehead atoms. The van der Waals surface area contributed by atoms with Gasteiger partial charge in [0.15, 0.2) is 0 Å². The zero-order valence-corrected chi connectivity index (χ0v) is 13.6. The zero-order valence-electron chi connectivity index (χ0n) is 13.6. The van der Waals surface area contributed by atoms with Gasteiger partial charge in [0, 0.05) is 12.6 Å². The predicted octanol–water partition coefficient (Wildman–Crippen LogP) is 2.44. The minimum Gasteiger partial charge on any atom is -0.462 e. The topological polar surface area (TPSA) is 67.6 Å². The van der Waals surface area contributed by atoms with Crippen molar-refractivity contribution in [3.63, 3.8) is 0 Å². The van der Waals surface area contributed by atoms with Gasteiger partial charge in [-0.05, 0) is 39.1 Å². The molecule has 21 heavy (non-hydrogen) atoms. The summed E-state index contributed by atoms with van der Waals surface area (Å²) in [6.45, 7) is 7.33. The first kappa shape index (κ1) is 17.3. The van der Waals surface area contributed by atoms with Gasteiger partial charge in [-0.15, -0.1) is 0 Å². The number of likely N-dealkylation sites (N-methyl/N-ethyl adjacent to an activating group) is 1. The van der Waals surface area contributed by atoms with Crippen molar-refractivity contribution in [2.45, 2.75) is 26.8 Å². The summed E-state index contributed by atoms with van der Waals surface area (Å²) in [5.41, 5.74) is 7.75. The fourth-order valence-corrected chi connectivity index (χ4v) is 2.09. The maximum atomic E-state index is 11.9. The number of ether oxygens (including phenoxy) is 1. The van der Waals surface area contributed by atoms with Crippen LogP contribution in [0.4, 0.5) is 11.4 Å². The van der Waals surface area contributed by atoms with E-state index in [4.69, 9.17) is 10.5 Å². The lowest BCUT2D eigenvalue weighted by molar-refractivity contribution is 0.0527. The average Bonchev–Trinajstić information content (AvgIpc) is 2.39. The van der Waals surface area contributed by atoms with Gasteiger partial charge < -0.3 is 20.7 Å². The fourth-order valence-electron chi connectivity index (χ4n) is 2.09. The molecule has 0 aromatic heterocycles. The predicted molar refractivity (Wildman–Crippen MR) is 87.6 cm³/mol. The third-order valence-electron chi connectivity index (χ3n) is 3.31. The first-order valence-corrected chi connectivity index (χ1v) is 7.33. The zero-order chi connectivity index (χ0) is 16.0. The minimum atomic E-state index is -0.382. The molecule has 0 aliphatic carbocycles. The molecule has 1 aromatic carbocycles. The molecule has 1 unspecified atom stereocenters. The van der Waals surface area contributed by atoms with Crippen LogP contribution in [0.3, 0.4) is 0 Å². The van der Waals surface area contributed by atoms with E-state index in [1.807, 2.05) is 26.2 Å². The summed E-state index contributed by atoms with van der Waals surface area (Å²) in [5, 5.41) is 3.44. The van der Waals surface area contributed by atoms with Crippen LogP contribution in [0, 0.1) is 5.92 Å². The van der Waals surface area contributed by atoms with Gasteiger partial charge in [-0.3, -0.25) is 0 Å². The Labute approximate surface area is 127 Å². The first-order valence-electron chi connectivity index (χ1n) is 7.33. The Morgan fingerprint density at radius 1 is 1.38 bits per heavy atom. The number of esters is 1. The molecule has 0 fully saturated rings. The van der Waals surface area contributed by atoms with Crippen molar-refractivity contribution >= 4 is 17.3 Å². The van der Waals surface area contributed by atoms with E-state index in [-0.39, 0.29) is 12.0 Å². The second-order valence-corrected chi connectivity index (χ2v) is 5.74. The van der Waals surface area contributed by atoms with Crippen LogP contribution in [-0.4, -0.2) is 44.2 Å². The number of para-hydroxylation sites is 1. The molecule has 3 N–H and O–H groups in total. The lowest BCUT2D eigenvalue weighted by Crippen LogP contribution is -2.36. The van der Waals surface area contributed by atoms with Gasteiger partial charge in [0.1, 0.15) is 0 Å². The molecular weight excluding hydrogens is 266 g/mol. The highest BCUT2D eigenvalue weighted by molar-refractivity contribution is 5.98. The number of hydrogen-bond acceptors (Lipinski definition) is 5. The Kier molecular flexibility index (Phi) is 6.49. The Bertz CT molecular complexity index is 473. The van der Waals surface area contributed by atoms with Crippen LogP contribution in [0.25, 0.3) is 0 Å². The molecule has 0 aliphatic heterocycles. The lowest BCUT2D eigenvalue weighted by atomic mass is 10.0. The van der Waals surface area contributed by atoms with E-state index >= 15 is 0 Å². The van der Waals surface area contributed by atoms with Crippen LogP contribution in [0.5, 0.6) is 0 Å². The van der Waals surface area contributed by atoms with Crippen LogP contribution in [0.2, 0.25) is 0 Å². The summed E-state index contributed by atoms with van der Waals surface area (Å²) in [6.07, 6.45) is 0. The molecule has 0 aliphatic rings. The Balaban J connectivity index is 2.97. The van der Waals surface area contributed by atoms with E-state index in [1.54, 1.807) is 13.0 Å². The van der Waals surface area contributed by atoms with Crippen molar-refractivity contribution in [2.24, 2.45) is 5.92 Å². The molecule has 0 saturated carbocycles. The second-order valence-electron chi connectivity index (χ2n) is 5.74.